The molecular formula is C21H14F5O. The molecule has 0 aliphatic heterocycles. The van der Waals surface area contributed by atoms with Gasteiger partial charge in [-0.05, 0) is 43.0 Å². The van der Waals surface area contributed by atoms with E-state index < -0.39 is 34.8 Å². The summed E-state index contributed by atoms with van der Waals surface area (Å²) in [6.07, 6.45) is -0.380. The fourth-order valence-electron chi connectivity index (χ4n) is 2.88. The first-order valence-corrected chi connectivity index (χ1v) is 8.16. The zero-order chi connectivity index (χ0) is 19.7. The molecule has 0 spiro atoms. The average Bonchev–Trinajstić information content (AvgIpc) is 2.60. The van der Waals surface area contributed by atoms with E-state index in [2.05, 4.69) is 0 Å². The van der Waals surface area contributed by atoms with Crippen LogP contribution in [0.15, 0.2) is 42.5 Å². The molecule has 139 valence electrons. The van der Waals surface area contributed by atoms with Gasteiger partial charge >= 0.3 is 0 Å². The first-order valence-electron chi connectivity index (χ1n) is 8.16. The molecule has 1 nitrogen and oxygen atoms in total. The van der Waals surface area contributed by atoms with Crippen LogP contribution < -0.4 is 0 Å². The predicted octanol–water partition coefficient (Wildman–Crippen LogP) is 6.29. The Bertz CT molecular complexity index is 973. The third-order valence-corrected chi connectivity index (χ3v) is 4.32. The second-order valence-electron chi connectivity index (χ2n) is 6.26. The molecule has 0 aliphatic rings. The lowest BCUT2D eigenvalue weighted by molar-refractivity contribution is 0.350. The van der Waals surface area contributed by atoms with Gasteiger partial charge in [-0.1, -0.05) is 29.8 Å². The molecule has 0 atom stereocenters. The van der Waals surface area contributed by atoms with Crippen LogP contribution in [0.2, 0.25) is 0 Å². The third kappa shape index (κ3) is 3.79. The Morgan fingerprint density at radius 1 is 0.741 bits per heavy atom. The lowest BCUT2D eigenvalue weighted by Crippen LogP contribution is -2.03. The van der Waals surface area contributed by atoms with E-state index in [1.165, 1.54) is 0 Å². The zero-order valence-corrected chi connectivity index (χ0v) is 14.3. The molecule has 0 amide bonds. The lowest BCUT2D eigenvalue weighted by atomic mass is 9.96. The number of aryl methyl sites for hydroxylation is 2. The van der Waals surface area contributed by atoms with Gasteiger partial charge in [-0.15, -0.1) is 0 Å². The number of rotatable bonds is 4. The van der Waals surface area contributed by atoms with Crippen molar-refractivity contribution in [3.05, 3.63) is 88.2 Å². The zero-order valence-electron chi connectivity index (χ0n) is 14.3. The molecule has 6 heteroatoms. The maximum Gasteiger partial charge on any atom is 0.194 e. The van der Waals surface area contributed by atoms with Gasteiger partial charge in [0.25, 0.3) is 0 Å². The summed E-state index contributed by atoms with van der Waals surface area (Å²) in [5, 5.41) is 12.1. The molecule has 0 saturated carbocycles. The molecule has 27 heavy (non-hydrogen) atoms. The topological polar surface area (TPSA) is 19.9 Å². The van der Waals surface area contributed by atoms with Gasteiger partial charge in [0.1, 0.15) is 11.6 Å². The van der Waals surface area contributed by atoms with Crippen molar-refractivity contribution in [3.8, 4) is 16.9 Å². The molecule has 0 aromatic heterocycles. The summed E-state index contributed by atoms with van der Waals surface area (Å²) in [7, 11) is 0. The fourth-order valence-corrected chi connectivity index (χ4v) is 2.88. The molecule has 3 aromatic carbocycles. The summed E-state index contributed by atoms with van der Waals surface area (Å²) in [6, 6.07) is 8.75. The van der Waals surface area contributed by atoms with Gasteiger partial charge < -0.3 is 0 Å². The average molecular weight is 377 g/mol. The highest BCUT2D eigenvalue weighted by Gasteiger charge is 2.21. The van der Waals surface area contributed by atoms with Gasteiger partial charge in [0.05, 0.1) is 5.56 Å². The van der Waals surface area contributed by atoms with Crippen molar-refractivity contribution >= 4 is 0 Å². The number of hydrogen-bond acceptors (Lipinski definition) is 0. The van der Waals surface area contributed by atoms with Crippen molar-refractivity contribution in [1.82, 2.24) is 0 Å². The highest BCUT2D eigenvalue weighted by molar-refractivity contribution is 5.72. The summed E-state index contributed by atoms with van der Waals surface area (Å²) >= 11 is 0. The van der Waals surface area contributed by atoms with Gasteiger partial charge in [-0.3, -0.25) is 5.11 Å². The molecule has 3 aromatic rings. The molecule has 1 radical (unpaired) electrons. The van der Waals surface area contributed by atoms with E-state index in [4.69, 9.17) is 0 Å². The van der Waals surface area contributed by atoms with Crippen LogP contribution >= 0.6 is 0 Å². The Morgan fingerprint density at radius 3 is 1.93 bits per heavy atom. The third-order valence-electron chi connectivity index (χ3n) is 4.32. The minimum Gasteiger partial charge on any atom is -0.289 e. The Morgan fingerprint density at radius 2 is 1.33 bits per heavy atom. The Balaban J connectivity index is 1.96. The summed E-state index contributed by atoms with van der Waals surface area (Å²) in [6.45, 7) is 1.83. The van der Waals surface area contributed by atoms with Crippen molar-refractivity contribution in [1.29, 1.82) is 0 Å². The molecule has 0 aliphatic carbocycles. The number of hydrogen-bond donors (Lipinski definition) is 0. The monoisotopic (exact) mass is 377 g/mol. The van der Waals surface area contributed by atoms with E-state index in [9.17, 15) is 27.1 Å². The second-order valence-corrected chi connectivity index (χ2v) is 6.26. The second kappa shape index (κ2) is 7.39. The van der Waals surface area contributed by atoms with E-state index in [0.717, 1.165) is 17.7 Å². The molecule has 0 N–H and O–H groups in total. The van der Waals surface area contributed by atoms with Crippen molar-refractivity contribution in [3.63, 3.8) is 0 Å². The molecule has 0 bridgehead atoms. The van der Waals surface area contributed by atoms with Gasteiger partial charge in [0, 0.05) is 11.6 Å². The molecular weight excluding hydrogens is 363 g/mol. The van der Waals surface area contributed by atoms with Crippen molar-refractivity contribution in [2.75, 3.05) is 0 Å². The molecule has 0 unspecified atom stereocenters. The quantitative estimate of drug-likeness (QED) is 0.376. The highest BCUT2D eigenvalue weighted by atomic mass is 19.2. The Labute approximate surface area is 152 Å². The highest BCUT2D eigenvalue weighted by Crippen LogP contribution is 2.36. The summed E-state index contributed by atoms with van der Waals surface area (Å²) < 4.78 is 68.6. The van der Waals surface area contributed by atoms with Gasteiger partial charge in [0.15, 0.2) is 23.2 Å². The van der Waals surface area contributed by atoms with Gasteiger partial charge in [-0.2, -0.15) is 0 Å². The Hall–Kier alpha value is -2.89. The van der Waals surface area contributed by atoms with Crippen LogP contribution in [0.1, 0.15) is 16.7 Å². The predicted molar refractivity (Wildman–Crippen MR) is 90.4 cm³/mol. The summed E-state index contributed by atoms with van der Waals surface area (Å²) in [5.74, 6) is -7.18. The van der Waals surface area contributed by atoms with E-state index >= 15 is 0 Å². The molecule has 0 saturated heterocycles. The van der Waals surface area contributed by atoms with Crippen LogP contribution in [0, 0.1) is 36.0 Å². The Kier molecular flexibility index (Phi) is 5.17. The van der Waals surface area contributed by atoms with Crippen LogP contribution in [-0.2, 0) is 17.9 Å². The maximum atomic E-state index is 14.9. The van der Waals surface area contributed by atoms with Gasteiger partial charge in [0.2, 0.25) is 0 Å². The van der Waals surface area contributed by atoms with Gasteiger partial charge in [-0.25, -0.2) is 22.0 Å². The number of benzene rings is 3. The minimum atomic E-state index is -1.60. The van der Waals surface area contributed by atoms with E-state index in [-0.39, 0.29) is 29.5 Å². The van der Waals surface area contributed by atoms with Crippen LogP contribution in [0.5, 0.6) is 5.75 Å². The van der Waals surface area contributed by atoms with E-state index in [0.29, 0.717) is 11.6 Å². The minimum absolute atomic E-state index is 0.0493. The summed E-state index contributed by atoms with van der Waals surface area (Å²) in [5.41, 5.74) is 0.643. The summed E-state index contributed by atoms with van der Waals surface area (Å²) in [4.78, 5) is 0. The van der Waals surface area contributed by atoms with Crippen LogP contribution in [0.25, 0.3) is 11.1 Å². The molecule has 3 rings (SSSR count). The molecule has 0 heterocycles. The number of halogens is 5. The normalized spacial score (nSPS) is 11.0. The van der Waals surface area contributed by atoms with Crippen LogP contribution in [0.3, 0.4) is 0 Å². The van der Waals surface area contributed by atoms with E-state index in [1.807, 2.05) is 6.92 Å². The fraction of sp³-hybridized carbons (Fsp3) is 0.143. The maximum absolute atomic E-state index is 14.9. The lowest BCUT2D eigenvalue weighted by Gasteiger charge is -2.12. The van der Waals surface area contributed by atoms with Crippen molar-refractivity contribution in [2.24, 2.45) is 0 Å². The van der Waals surface area contributed by atoms with Crippen LogP contribution in [-0.4, -0.2) is 0 Å². The first kappa shape index (κ1) is 18.9. The van der Waals surface area contributed by atoms with Crippen molar-refractivity contribution in [2.45, 2.75) is 19.8 Å². The van der Waals surface area contributed by atoms with Crippen LogP contribution in [0.4, 0.5) is 22.0 Å². The first-order chi connectivity index (χ1) is 12.8. The molecule has 0 fully saturated rings. The standard InChI is InChI=1S/C21H14F5O/c1-11-2-5-13(6-3-11)19-18(27)10-15(22)14(20(19)25)7-4-12-8-16(23)21(26)17(24)9-12/h2-3,5-6,8-10H,4,7H2,1H3. The SMILES string of the molecule is Cc1ccc(-c2c([O])cc(F)c(CCc3cc(F)c(F)c(F)c3)c2F)cc1. The van der Waals surface area contributed by atoms with E-state index in [1.54, 1.807) is 24.3 Å². The largest absolute Gasteiger partial charge is 0.289 e. The van der Waals surface area contributed by atoms with Crippen molar-refractivity contribution < 1.29 is 27.1 Å². The smallest absolute Gasteiger partial charge is 0.194 e.